The van der Waals surface area contributed by atoms with Crippen LogP contribution in [0.4, 0.5) is 0 Å². The lowest BCUT2D eigenvalue weighted by molar-refractivity contribution is -0.135. The van der Waals surface area contributed by atoms with Crippen molar-refractivity contribution in [3.05, 3.63) is 47.0 Å². The van der Waals surface area contributed by atoms with Gasteiger partial charge in [0.05, 0.1) is 11.5 Å². The van der Waals surface area contributed by atoms with Crippen LogP contribution in [0.15, 0.2) is 24.3 Å². The molecule has 2 aromatic rings. The molecule has 0 unspecified atom stereocenters. The van der Waals surface area contributed by atoms with E-state index in [9.17, 15) is 4.79 Å². The number of benzene rings is 1. The molecule has 132 valence electrons. The molecule has 0 radical (unpaired) electrons. The van der Waals surface area contributed by atoms with Crippen LogP contribution in [0.25, 0.3) is 0 Å². The van der Waals surface area contributed by atoms with Gasteiger partial charge in [0.25, 0.3) is 0 Å². The summed E-state index contributed by atoms with van der Waals surface area (Å²) >= 11 is 0. The molecular formula is C20H26N4O. The quantitative estimate of drug-likeness (QED) is 0.864. The van der Waals surface area contributed by atoms with E-state index in [0.29, 0.717) is 5.91 Å². The molecule has 2 aliphatic rings. The van der Waals surface area contributed by atoms with Crippen LogP contribution < -0.4 is 0 Å². The Balaban J connectivity index is 1.55. The molecule has 1 aliphatic heterocycles. The van der Waals surface area contributed by atoms with Crippen LogP contribution >= 0.6 is 0 Å². The molecule has 1 amide bonds. The van der Waals surface area contributed by atoms with Crippen molar-refractivity contribution in [1.82, 2.24) is 19.7 Å². The number of aryl methyl sites for hydroxylation is 3. The fraction of sp³-hybridized carbons (Fsp3) is 0.550. The molecule has 2 heterocycles. The van der Waals surface area contributed by atoms with Crippen molar-refractivity contribution in [3.8, 4) is 0 Å². The summed E-state index contributed by atoms with van der Waals surface area (Å²) in [6, 6.07) is 8.70. The van der Waals surface area contributed by atoms with E-state index >= 15 is 0 Å². The summed E-state index contributed by atoms with van der Waals surface area (Å²) in [5, 5.41) is 4.54. The molecule has 1 saturated heterocycles. The number of nitrogens with zero attached hydrogens (tertiary/aromatic N) is 4. The Morgan fingerprint density at radius 3 is 2.68 bits per heavy atom. The number of aromatic nitrogens is 3. The van der Waals surface area contributed by atoms with E-state index in [1.54, 1.807) is 0 Å². The van der Waals surface area contributed by atoms with E-state index in [1.165, 1.54) is 11.1 Å². The SMILES string of the molecule is Cc1cccc(C2(C(=O)N3CCC[C@H](n4nc(C)nc4C)C3)CC2)c1. The molecule has 1 aromatic carbocycles. The molecule has 0 N–H and O–H groups in total. The second-order valence-electron chi connectivity index (χ2n) is 7.65. The number of piperidine rings is 1. The maximum absolute atomic E-state index is 13.3. The molecule has 2 fully saturated rings. The van der Waals surface area contributed by atoms with Crippen molar-refractivity contribution in [2.45, 2.75) is 57.9 Å². The highest BCUT2D eigenvalue weighted by molar-refractivity contribution is 5.91. The van der Waals surface area contributed by atoms with E-state index in [0.717, 1.165) is 50.4 Å². The number of carbonyl (C=O) groups is 1. The van der Waals surface area contributed by atoms with Gasteiger partial charge in [0.2, 0.25) is 5.91 Å². The van der Waals surface area contributed by atoms with Crippen molar-refractivity contribution in [3.63, 3.8) is 0 Å². The van der Waals surface area contributed by atoms with Crippen LogP contribution in [-0.4, -0.2) is 38.7 Å². The Morgan fingerprint density at radius 1 is 1.24 bits per heavy atom. The molecule has 1 aliphatic carbocycles. The van der Waals surface area contributed by atoms with Gasteiger partial charge in [-0.1, -0.05) is 29.8 Å². The van der Waals surface area contributed by atoms with E-state index in [4.69, 9.17) is 0 Å². The monoisotopic (exact) mass is 338 g/mol. The molecule has 0 bridgehead atoms. The van der Waals surface area contributed by atoms with Gasteiger partial charge in [-0.25, -0.2) is 9.67 Å². The highest BCUT2D eigenvalue weighted by Crippen LogP contribution is 2.50. The Kier molecular flexibility index (Phi) is 3.89. The topological polar surface area (TPSA) is 51.0 Å². The molecule has 0 spiro atoms. The molecule has 1 atom stereocenters. The maximum atomic E-state index is 13.3. The summed E-state index contributed by atoms with van der Waals surface area (Å²) in [6.07, 6.45) is 4.03. The number of carbonyl (C=O) groups excluding carboxylic acids is 1. The summed E-state index contributed by atoms with van der Waals surface area (Å²) in [5.74, 6) is 2.05. The standard InChI is InChI=1S/C20H26N4O/c1-14-6-4-7-17(12-14)20(9-10-20)19(25)23-11-5-8-18(13-23)24-16(3)21-15(2)22-24/h4,6-7,12,18H,5,8-11,13H2,1-3H3/t18-/m0/s1. The second kappa shape index (κ2) is 5.97. The van der Waals surface area contributed by atoms with Gasteiger partial charge >= 0.3 is 0 Å². The van der Waals surface area contributed by atoms with Crippen LogP contribution in [0.2, 0.25) is 0 Å². The Labute approximate surface area is 149 Å². The lowest BCUT2D eigenvalue weighted by Gasteiger charge is -2.35. The van der Waals surface area contributed by atoms with E-state index < -0.39 is 0 Å². The van der Waals surface area contributed by atoms with Crippen LogP contribution in [0.5, 0.6) is 0 Å². The minimum absolute atomic E-state index is 0.243. The van der Waals surface area contributed by atoms with E-state index in [1.807, 2.05) is 18.5 Å². The maximum Gasteiger partial charge on any atom is 0.233 e. The molecule has 4 rings (SSSR count). The summed E-state index contributed by atoms with van der Waals surface area (Å²) < 4.78 is 2.01. The van der Waals surface area contributed by atoms with Gasteiger partial charge in [0.15, 0.2) is 0 Å². The third-order valence-electron chi connectivity index (χ3n) is 5.67. The van der Waals surface area contributed by atoms with Gasteiger partial charge < -0.3 is 4.90 Å². The average Bonchev–Trinajstić information content (AvgIpc) is 3.34. The first-order valence-electron chi connectivity index (χ1n) is 9.26. The van der Waals surface area contributed by atoms with Gasteiger partial charge in [-0.3, -0.25) is 4.79 Å². The zero-order valence-electron chi connectivity index (χ0n) is 15.3. The van der Waals surface area contributed by atoms with Crippen molar-refractivity contribution in [2.24, 2.45) is 0 Å². The number of rotatable bonds is 3. The lowest BCUT2D eigenvalue weighted by Crippen LogP contribution is -2.45. The fourth-order valence-electron chi connectivity index (χ4n) is 4.22. The Morgan fingerprint density at radius 2 is 2.04 bits per heavy atom. The van der Waals surface area contributed by atoms with Gasteiger partial charge in [0.1, 0.15) is 11.6 Å². The Bertz CT molecular complexity index is 806. The molecular weight excluding hydrogens is 312 g/mol. The summed E-state index contributed by atoms with van der Waals surface area (Å²) in [6.45, 7) is 7.62. The smallest absolute Gasteiger partial charge is 0.233 e. The predicted octanol–water partition coefficient (Wildman–Crippen LogP) is 3.10. The summed E-state index contributed by atoms with van der Waals surface area (Å²) in [7, 11) is 0. The molecule has 5 heteroatoms. The predicted molar refractivity (Wildman–Crippen MR) is 96.4 cm³/mol. The zero-order chi connectivity index (χ0) is 17.6. The lowest BCUT2D eigenvalue weighted by atomic mass is 9.92. The molecule has 1 saturated carbocycles. The van der Waals surface area contributed by atoms with Crippen LogP contribution in [-0.2, 0) is 10.2 Å². The summed E-state index contributed by atoms with van der Waals surface area (Å²) in [4.78, 5) is 19.8. The highest BCUT2D eigenvalue weighted by Gasteiger charge is 2.53. The normalized spacial score (nSPS) is 22.0. The van der Waals surface area contributed by atoms with Gasteiger partial charge in [-0.2, -0.15) is 5.10 Å². The van der Waals surface area contributed by atoms with Gasteiger partial charge in [-0.05, 0) is 52.0 Å². The van der Waals surface area contributed by atoms with Gasteiger partial charge in [0, 0.05) is 13.1 Å². The Hall–Kier alpha value is -2.17. The van der Waals surface area contributed by atoms with Crippen LogP contribution in [0, 0.1) is 20.8 Å². The number of likely N-dealkylation sites (tertiary alicyclic amines) is 1. The van der Waals surface area contributed by atoms with Crippen molar-refractivity contribution in [2.75, 3.05) is 13.1 Å². The third-order valence-corrected chi connectivity index (χ3v) is 5.67. The van der Waals surface area contributed by atoms with E-state index in [-0.39, 0.29) is 11.5 Å². The first kappa shape index (κ1) is 16.3. The zero-order valence-corrected chi connectivity index (χ0v) is 15.3. The van der Waals surface area contributed by atoms with Crippen LogP contribution in [0.1, 0.15) is 54.5 Å². The minimum atomic E-state index is -0.277. The molecule has 25 heavy (non-hydrogen) atoms. The van der Waals surface area contributed by atoms with Gasteiger partial charge in [-0.15, -0.1) is 0 Å². The first-order valence-corrected chi connectivity index (χ1v) is 9.26. The van der Waals surface area contributed by atoms with Crippen LogP contribution in [0.3, 0.4) is 0 Å². The van der Waals surface area contributed by atoms with Crippen molar-refractivity contribution in [1.29, 1.82) is 0 Å². The number of amides is 1. The van der Waals surface area contributed by atoms with E-state index in [2.05, 4.69) is 46.2 Å². The molecule has 5 nitrogen and oxygen atoms in total. The second-order valence-corrected chi connectivity index (χ2v) is 7.65. The van der Waals surface area contributed by atoms with Crippen molar-refractivity contribution >= 4 is 5.91 Å². The number of hydrogen-bond acceptors (Lipinski definition) is 3. The minimum Gasteiger partial charge on any atom is -0.340 e. The fourth-order valence-corrected chi connectivity index (χ4v) is 4.22. The first-order chi connectivity index (χ1) is 12.0. The largest absolute Gasteiger partial charge is 0.340 e. The highest BCUT2D eigenvalue weighted by atomic mass is 16.2. The average molecular weight is 338 g/mol. The molecule has 1 aromatic heterocycles. The number of hydrogen-bond donors (Lipinski definition) is 0. The van der Waals surface area contributed by atoms with Crippen molar-refractivity contribution < 1.29 is 4.79 Å². The summed E-state index contributed by atoms with van der Waals surface area (Å²) in [5.41, 5.74) is 2.13. The third kappa shape index (κ3) is 2.86.